The largest absolute Gasteiger partial charge is 0.480 e. The molecule has 1 aromatic rings. The van der Waals surface area contributed by atoms with Gasteiger partial charge in [0.25, 0.3) is 0 Å². The fourth-order valence-electron chi connectivity index (χ4n) is 0.955. The third-order valence-corrected chi connectivity index (χ3v) is 1.97. The third-order valence-electron chi connectivity index (χ3n) is 1.97. The molecular formula is C12H17NO5. The van der Waals surface area contributed by atoms with E-state index in [1.807, 2.05) is 30.3 Å². The normalized spacial score (nSPS) is 12.8. The van der Waals surface area contributed by atoms with Crippen LogP contribution in [-0.2, 0) is 16.0 Å². The van der Waals surface area contributed by atoms with Crippen molar-refractivity contribution < 1.29 is 24.9 Å². The number of aliphatic hydroxyl groups excluding tert-OH is 1. The molecule has 0 aliphatic rings. The molecule has 0 aliphatic heterocycles. The summed E-state index contributed by atoms with van der Waals surface area (Å²) in [6.45, 7) is 1.20. The van der Waals surface area contributed by atoms with E-state index >= 15 is 0 Å². The van der Waals surface area contributed by atoms with Gasteiger partial charge in [-0.3, -0.25) is 4.79 Å². The van der Waals surface area contributed by atoms with Crippen LogP contribution in [0.1, 0.15) is 12.5 Å². The molecule has 2 unspecified atom stereocenters. The maximum Gasteiger partial charge on any atom is 0.332 e. The van der Waals surface area contributed by atoms with Gasteiger partial charge in [-0.1, -0.05) is 30.3 Å². The number of hydrogen-bond acceptors (Lipinski definition) is 4. The minimum Gasteiger partial charge on any atom is -0.480 e. The first-order valence-electron chi connectivity index (χ1n) is 5.27. The van der Waals surface area contributed by atoms with Gasteiger partial charge in [-0.25, -0.2) is 4.79 Å². The van der Waals surface area contributed by atoms with Gasteiger partial charge < -0.3 is 21.1 Å². The molecule has 0 aromatic heterocycles. The fourth-order valence-corrected chi connectivity index (χ4v) is 0.955. The molecule has 0 spiro atoms. The molecule has 1 rings (SSSR count). The van der Waals surface area contributed by atoms with E-state index in [0.29, 0.717) is 6.42 Å². The van der Waals surface area contributed by atoms with Gasteiger partial charge in [0.2, 0.25) is 0 Å². The Morgan fingerprint density at radius 1 is 1.17 bits per heavy atom. The molecule has 0 saturated carbocycles. The summed E-state index contributed by atoms with van der Waals surface area (Å²) < 4.78 is 0. The highest BCUT2D eigenvalue weighted by molar-refractivity contribution is 5.73. The molecule has 0 radical (unpaired) electrons. The van der Waals surface area contributed by atoms with Crippen LogP contribution >= 0.6 is 0 Å². The van der Waals surface area contributed by atoms with Gasteiger partial charge >= 0.3 is 11.9 Å². The second-order valence-electron chi connectivity index (χ2n) is 3.65. The summed E-state index contributed by atoms with van der Waals surface area (Å²) in [5.41, 5.74) is 6.30. The molecular weight excluding hydrogens is 238 g/mol. The first kappa shape index (κ1) is 16.1. The Bertz CT molecular complexity index is 377. The van der Waals surface area contributed by atoms with Crippen molar-refractivity contribution in [2.45, 2.75) is 25.5 Å². The van der Waals surface area contributed by atoms with Crippen LogP contribution in [-0.4, -0.2) is 39.4 Å². The number of nitrogens with two attached hydrogens (primary N) is 1. The van der Waals surface area contributed by atoms with Gasteiger partial charge in [-0.05, 0) is 18.9 Å². The molecule has 0 heterocycles. The van der Waals surface area contributed by atoms with Gasteiger partial charge in [-0.15, -0.1) is 0 Å². The van der Waals surface area contributed by atoms with Crippen molar-refractivity contribution in [3.63, 3.8) is 0 Å². The van der Waals surface area contributed by atoms with Crippen molar-refractivity contribution in [1.29, 1.82) is 0 Å². The summed E-state index contributed by atoms with van der Waals surface area (Å²) in [6, 6.07) is 8.54. The molecule has 5 N–H and O–H groups in total. The minimum atomic E-state index is -1.23. The lowest BCUT2D eigenvalue weighted by atomic mass is 10.1. The second-order valence-corrected chi connectivity index (χ2v) is 3.65. The van der Waals surface area contributed by atoms with Crippen molar-refractivity contribution in [3.05, 3.63) is 35.9 Å². The van der Waals surface area contributed by atoms with Crippen LogP contribution in [0.3, 0.4) is 0 Å². The van der Waals surface area contributed by atoms with Crippen LogP contribution in [0, 0.1) is 0 Å². The predicted molar refractivity (Wildman–Crippen MR) is 65.1 cm³/mol. The molecule has 2 atom stereocenters. The van der Waals surface area contributed by atoms with Crippen molar-refractivity contribution in [1.82, 2.24) is 0 Å². The SMILES string of the molecule is CC(O)C(=O)O.NC(Cc1ccccc1)C(=O)O. The predicted octanol–water partition coefficient (Wildman–Crippen LogP) is 0.0928. The number of carboxylic acids is 2. The highest BCUT2D eigenvalue weighted by Gasteiger charge is 2.10. The smallest absolute Gasteiger partial charge is 0.332 e. The van der Waals surface area contributed by atoms with Gasteiger partial charge in [0.1, 0.15) is 12.1 Å². The van der Waals surface area contributed by atoms with Crippen LogP contribution in [0.15, 0.2) is 30.3 Å². The summed E-state index contributed by atoms with van der Waals surface area (Å²) in [7, 11) is 0. The third kappa shape index (κ3) is 7.37. The van der Waals surface area contributed by atoms with Crippen LogP contribution in [0.4, 0.5) is 0 Å². The van der Waals surface area contributed by atoms with Gasteiger partial charge in [0.15, 0.2) is 0 Å². The first-order chi connectivity index (χ1) is 8.34. The van der Waals surface area contributed by atoms with Crippen molar-refractivity contribution in [3.8, 4) is 0 Å². The summed E-state index contributed by atoms with van der Waals surface area (Å²) >= 11 is 0. The van der Waals surface area contributed by atoms with Crippen molar-refractivity contribution in [2.75, 3.05) is 0 Å². The zero-order valence-electron chi connectivity index (χ0n) is 9.98. The summed E-state index contributed by atoms with van der Waals surface area (Å²) in [5, 5.41) is 24.3. The number of rotatable bonds is 4. The number of aliphatic hydroxyl groups is 1. The highest BCUT2D eigenvalue weighted by atomic mass is 16.4. The lowest BCUT2D eigenvalue weighted by Crippen LogP contribution is -2.32. The molecule has 6 heteroatoms. The molecule has 18 heavy (non-hydrogen) atoms. The number of hydrogen-bond donors (Lipinski definition) is 4. The molecule has 0 amide bonds. The molecule has 0 fully saturated rings. The van der Waals surface area contributed by atoms with E-state index < -0.39 is 24.1 Å². The first-order valence-corrected chi connectivity index (χ1v) is 5.27. The van der Waals surface area contributed by atoms with Crippen LogP contribution in [0.5, 0.6) is 0 Å². The van der Waals surface area contributed by atoms with Crippen molar-refractivity contribution >= 4 is 11.9 Å². The van der Waals surface area contributed by atoms with E-state index in [9.17, 15) is 9.59 Å². The average molecular weight is 255 g/mol. The Kier molecular flexibility index (Phi) is 7.34. The Morgan fingerprint density at radius 2 is 1.61 bits per heavy atom. The standard InChI is InChI=1S/C9H11NO2.C3H6O3/c10-8(9(11)12)6-7-4-2-1-3-5-7;1-2(4)3(5)6/h1-5,8H,6,10H2,(H,11,12);2,4H,1H3,(H,5,6). The zero-order valence-corrected chi connectivity index (χ0v) is 9.98. The molecule has 1 aromatic carbocycles. The molecule has 100 valence electrons. The second kappa shape index (κ2) is 8.21. The Morgan fingerprint density at radius 3 is 1.94 bits per heavy atom. The number of carboxylic acid groups (broad SMARTS) is 2. The van der Waals surface area contributed by atoms with E-state index in [0.717, 1.165) is 5.56 Å². The van der Waals surface area contributed by atoms with Crippen LogP contribution < -0.4 is 5.73 Å². The van der Waals surface area contributed by atoms with E-state index in [-0.39, 0.29) is 0 Å². The van der Waals surface area contributed by atoms with Gasteiger partial charge in [-0.2, -0.15) is 0 Å². The lowest BCUT2D eigenvalue weighted by molar-refractivity contribution is -0.145. The van der Waals surface area contributed by atoms with Crippen LogP contribution in [0.2, 0.25) is 0 Å². The van der Waals surface area contributed by atoms with E-state index in [4.69, 9.17) is 21.1 Å². The van der Waals surface area contributed by atoms with Crippen LogP contribution in [0.25, 0.3) is 0 Å². The Hall–Kier alpha value is -1.92. The quantitative estimate of drug-likeness (QED) is 0.605. The van der Waals surface area contributed by atoms with Gasteiger partial charge in [0.05, 0.1) is 0 Å². The highest BCUT2D eigenvalue weighted by Crippen LogP contribution is 2.01. The average Bonchev–Trinajstić information content (AvgIpc) is 2.30. The topological polar surface area (TPSA) is 121 Å². The van der Waals surface area contributed by atoms with E-state index in [2.05, 4.69) is 0 Å². The molecule has 0 bridgehead atoms. The molecule has 0 aliphatic carbocycles. The summed E-state index contributed by atoms with van der Waals surface area (Å²) in [5.74, 6) is -2.14. The molecule has 0 saturated heterocycles. The maximum absolute atomic E-state index is 10.4. The van der Waals surface area contributed by atoms with E-state index in [1.54, 1.807) is 0 Å². The minimum absolute atomic E-state index is 0.385. The molecule has 6 nitrogen and oxygen atoms in total. The zero-order chi connectivity index (χ0) is 14.1. The fraction of sp³-hybridized carbons (Fsp3) is 0.333. The lowest BCUT2D eigenvalue weighted by Gasteiger charge is -2.04. The van der Waals surface area contributed by atoms with E-state index in [1.165, 1.54) is 6.92 Å². The Balaban J connectivity index is 0.000000411. The summed E-state index contributed by atoms with van der Waals surface area (Å²) in [6.07, 6.45) is -0.846. The summed E-state index contributed by atoms with van der Waals surface area (Å²) in [4.78, 5) is 19.8. The number of aliphatic carboxylic acids is 2. The van der Waals surface area contributed by atoms with Crippen molar-refractivity contribution in [2.24, 2.45) is 5.73 Å². The van der Waals surface area contributed by atoms with Gasteiger partial charge in [0, 0.05) is 0 Å². The number of benzene rings is 1. The number of carbonyl (C=O) groups is 2. The monoisotopic (exact) mass is 255 g/mol. The Labute approximate surface area is 105 Å². The maximum atomic E-state index is 10.4.